The zero-order valence-electron chi connectivity index (χ0n) is 8.47. The Labute approximate surface area is 89.0 Å². The minimum atomic E-state index is -0.413. The molecule has 0 spiro atoms. The zero-order valence-corrected chi connectivity index (χ0v) is 9.29. The van der Waals surface area contributed by atoms with E-state index in [4.69, 9.17) is 5.11 Å². The molecule has 1 aromatic rings. The topological polar surface area (TPSA) is 40.5 Å². The van der Waals surface area contributed by atoms with Crippen LogP contribution in [0.2, 0.25) is 0 Å². The highest BCUT2D eigenvalue weighted by molar-refractivity contribution is 8.00. The molecule has 1 rings (SSSR count). The first kappa shape index (κ1) is 11.6. The number of thioether (sulfide) groups is 1. The molecule has 3 heteroatoms. The third kappa shape index (κ3) is 3.33. The van der Waals surface area contributed by atoms with Crippen LogP contribution in [0, 0.1) is 0 Å². The average Bonchev–Trinajstić information content (AvgIpc) is 2.18. The minimum absolute atomic E-state index is 0.183. The van der Waals surface area contributed by atoms with Gasteiger partial charge in [0, 0.05) is 10.1 Å². The third-order valence-electron chi connectivity index (χ3n) is 1.96. The fourth-order valence-electron chi connectivity index (χ4n) is 1.09. The molecule has 0 aliphatic carbocycles. The van der Waals surface area contributed by atoms with E-state index in [0.717, 1.165) is 10.5 Å². The van der Waals surface area contributed by atoms with Gasteiger partial charge in [-0.15, -0.1) is 11.8 Å². The summed E-state index contributed by atoms with van der Waals surface area (Å²) in [6.07, 6.45) is -0.413. The Kier molecular flexibility index (Phi) is 4.45. The van der Waals surface area contributed by atoms with E-state index in [-0.39, 0.29) is 11.9 Å². The lowest BCUT2D eigenvalue weighted by molar-refractivity contribution is 0.199. The summed E-state index contributed by atoms with van der Waals surface area (Å²) in [6, 6.07) is 7.77. The highest BCUT2D eigenvalue weighted by Crippen LogP contribution is 2.24. The van der Waals surface area contributed by atoms with Crippen molar-refractivity contribution in [2.75, 3.05) is 6.61 Å². The van der Waals surface area contributed by atoms with Crippen LogP contribution in [-0.4, -0.2) is 22.1 Å². The van der Waals surface area contributed by atoms with Crippen molar-refractivity contribution in [1.29, 1.82) is 0 Å². The van der Waals surface area contributed by atoms with Crippen LogP contribution in [-0.2, 0) is 0 Å². The highest BCUT2D eigenvalue weighted by Gasteiger charge is 2.04. The van der Waals surface area contributed by atoms with Crippen molar-refractivity contribution in [3.8, 4) is 0 Å². The van der Waals surface area contributed by atoms with Crippen LogP contribution in [0.15, 0.2) is 29.2 Å². The molecule has 2 atom stereocenters. The molecular formula is C11H16O2S. The van der Waals surface area contributed by atoms with Gasteiger partial charge in [0.25, 0.3) is 0 Å². The van der Waals surface area contributed by atoms with Gasteiger partial charge in [0.15, 0.2) is 0 Å². The molecule has 2 nitrogen and oxygen atoms in total. The molecule has 1 aromatic carbocycles. The molecule has 0 saturated heterocycles. The van der Waals surface area contributed by atoms with E-state index < -0.39 is 6.10 Å². The minimum Gasteiger partial charge on any atom is -0.395 e. The number of rotatable bonds is 4. The van der Waals surface area contributed by atoms with Crippen molar-refractivity contribution in [2.24, 2.45) is 0 Å². The van der Waals surface area contributed by atoms with Gasteiger partial charge in [-0.3, -0.25) is 0 Å². The maximum Gasteiger partial charge on any atom is 0.0761 e. The molecular weight excluding hydrogens is 196 g/mol. The Morgan fingerprint density at radius 1 is 1.21 bits per heavy atom. The van der Waals surface area contributed by atoms with Crippen molar-refractivity contribution in [2.45, 2.75) is 30.1 Å². The van der Waals surface area contributed by atoms with Crippen molar-refractivity contribution in [3.63, 3.8) is 0 Å². The van der Waals surface area contributed by atoms with Crippen LogP contribution in [0.3, 0.4) is 0 Å². The number of hydrogen-bond acceptors (Lipinski definition) is 3. The fraction of sp³-hybridized carbons (Fsp3) is 0.455. The normalized spacial score (nSPS) is 15.1. The summed E-state index contributed by atoms with van der Waals surface area (Å²) in [7, 11) is 0. The van der Waals surface area contributed by atoms with Crippen molar-refractivity contribution >= 4 is 11.8 Å². The molecule has 0 saturated carbocycles. The Hall–Kier alpha value is -0.510. The molecule has 0 radical (unpaired) electrons. The number of aliphatic hydroxyl groups excluding tert-OH is 2. The van der Waals surface area contributed by atoms with Crippen molar-refractivity contribution in [3.05, 3.63) is 29.8 Å². The zero-order chi connectivity index (χ0) is 10.6. The summed E-state index contributed by atoms with van der Waals surface area (Å²) in [4.78, 5) is 1.12. The molecule has 0 fully saturated rings. The second kappa shape index (κ2) is 5.39. The molecule has 0 heterocycles. The van der Waals surface area contributed by atoms with Gasteiger partial charge in [-0.05, 0) is 24.6 Å². The number of aliphatic hydroxyl groups is 2. The SMILES string of the molecule is CC(CO)Sc1ccc(C(C)O)cc1. The predicted molar refractivity (Wildman–Crippen MR) is 59.5 cm³/mol. The Bertz CT molecular complexity index is 269. The Morgan fingerprint density at radius 2 is 1.79 bits per heavy atom. The summed E-state index contributed by atoms with van der Waals surface area (Å²) in [6.45, 7) is 3.91. The lowest BCUT2D eigenvalue weighted by atomic mass is 10.1. The monoisotopic (exact) mass is 212 g/mol. The molecule has 0 aliphatic rings. The highest BCUT2D eigenvalue weighted by atomic mass is 32.2. The number of benzene rings is 1. The number of hydrogen-bond donors (Lipinski definition) is 2. The maximum absolute atomic E-state index is 9.30. The summed E-state index contributed by atoms with van der Waals surface area (Å²) in [5.41, 5.74) is 0.922. The van der Waals surface area contributed by atoms with Crippen LogP contribution in [0.5, 0.6) is 0 Å². The van der Waals surface area contributed by atoms with Gasteiger partial charge in [-0.2, -0.15) is 0 Å². The molecule has 2 N–H and O–H groups in total. The molecule has 78 valence electrons. The van der Waals surface area contributed by atoms with Crippen molar-refractivity contribution < 1.29 is 10.2 Å². The first-order valence-electron chi connectivity index (χ1n) is 4.69. The first-order valence-corrected chi connectivity index (χ1v) is 5.57. The van der Waals surface area contributed by atoms with Gasteiger partial charge < -0.3 is 10.2 Å². The van der Waals surface area contributed by atoms with E-state index in [2.05, 4.69) is 0 Å². The van der Waals surface area contributed by atoms with E-state index in [1.807, 2.05) is 31.2 Å². The van der Waals surface area contributed by atoms with Crippen LogP contribution in [0.25, 0.3) is 0 Å². The molecule has 0 bridgehead atoms. The van der Waals surface area contributed by atoms with E-state index in [9.17, 15) is 5.11 Å². The first-order chi connectivity index (χ1) is 6.63. The van der Waals surface area contributed by atoms with E-state index in [0.29, 0.717) is 0 Å². The van der Waals surface area contributed by atoms with Gasteiger partial charge in [-0.25, -0.2) is 0 Å². The smallest absolute Gasteiger partial charge is 0.0761 e. The average molecular weight is 212 g/mol. The van der Waals surface area contributed by atoms with Gasteiger partial charge in [0.2, 0.25) is 0 Å². The Balaban J connectivity index is 2.64. The largest absolute Gasteiger partial charge is 0.395 e. The van der Waals surface area contributed by atoms with Crippen LogP contribution in [0.1, 0.15) is 25.5 Å². The summed E-state index contributed by atoms with van der Waals surface area (Å²) in [5.74, 6) is 0. The lowest BCUT2D eigenvalue weighted by Crippen LogP contribution is -2.01. The van der Waals surface area contributed by atoms with E-state index in [1.165, 1.54) is 0 Å². The summed E-state index contributed by atoms with van der Waals surface area (Å²) in [5, 5.41) is 18.4. The second-order valence-corrected chi connectivity index (χ2v) is 4.87. The summed E-state index contributed by atoms with van der Waals surface area (Å²) >= 11 is 1.63. The Morgan fingerprint density at radius 3 is 2.21 bits per heavy atom. The molecule has 0 aromatic heterocycles. The van der Waals surface area contributed by atoms with Crippen molar-refractivity contribution in [1.82, 2.24) is 0 Å². The van der Waals surface area contributed by atoms with Crippen LogP contribution in [0.4, 0.5) is 0 Å². The quantitative estimate of drug-likeness (QED) is 0.752. The van der Waals surface area contributed by atoms with Gasteiger partial charge in [0.1, 0.15) is 0 Å². The van der Waals surface area contributed by atoms with Gasteiger partial charge >= 0.3 is 0 Å². The van der Waals surface area contributed by atoms with E-state index in [1.54, 1.807) is 18.7 Å². The molecule has 2 unspecified atom stereocenters. The fourth-order valence-corrected chi connectivity index (χ4v) is 1.93. The molecule has 0 amide bonds. The lowest BCUT2D eigenvalue weighted by Gasteiger charge is -2.09. The summed E-state index contributed by atoms with van der Waals surface area (Å²) < 4.78 is 0. The van der Waals surface area contributed by atoms with Crippen LogP contribution >= 0.6 is 11.8 Å². The maximum atomic E-state index is 9.30. The third-order valence-corrected chi connectivity index (χ3v) is 3.05. The van der Waals surface area contributed by atoms with Crippen LogP contribution < -0.4 is 0 Å². The van der Waals surface area contributed by atoms with Gasteiger partial charge in [-0.1, -0.05) is 19.1 Å². The van der Waals surface area contributed by atoms with E-state index >= 15 is 0 Å². The second-order valence-electron chi connectivity index (χ2n) is 3.36. The molecule has 14 heavy (non-hydrogen) atoms. The predicted octanol–water partition coefficient (Wildman–Crippen LogP) is 2.21. The molecule has 0 aliphatic heterocycles. The standard InChI is InChI=1S/C11H16O2S/c1-8(7-12)14-11-5-3-10(4-6-11)9(2)13/h3-6,8-9,12-13H,7H2,1-2H3. The van der Waals surface area contributed by atoms with Gasteiger partial charge in [0.05, 0.1) is 12.7 Å².